The van der Waals surface area contributed by atoms with E-state index in [1.807, 2.05) is 37.3 Å². The number of hydrogen-bond donors (Lipinski definition) is 2. The van der Waals surface area contributed by atoms with E-state index >= 15 is 0 Å². The molecule has 260 valence electrons. The van der Waals surface area contributed by atoms with Crippen molar-refractivity contribution in [3.05, 3.63) is 92.6 Å². The van der Waals surface area contributed by atoms with Gasteiger partial charge in [-0.3, -0.25) is 9.79 Å². The average Bonchev–Trinajstić information content (AvgIpc) is 3.35. The number of primary amides is 1. The Bertz CT molecular complexity index is 1700. The molecule has 2 aromatic rings. The molecule has 0 bridgehead atoms. The number of halogens is 1. The molecule has 2 aliphatic carbocycles. The van der Waals surface area contributed by atoms with Crippen LogP contribution >= 0.6 is 22.9 Å². The van der Waals surface area contributed by atoms with E-state index in [0.717, 1.165) is 48.1 Å². The SMILES string of the molecule is CC1CCCCC(C2CC(C3CC=C(C4=CC5=C(C(C)C4)N(c4cc(O[C@H](C)c6ccccc6Cl)c(C(N)=O)s4)C=CCC5)C=N3)N2)CC1. The van der Waals surface area contributed by atoms with Gasteiger partial charge in [-0.05, 0) is 86.5 Å². The van der Waals surface area contributed by atoms with Crippen molar-refractivity contribution >= 4 is 40.1 Å². The number of thiophene rings is 1. The Kier molecular flexibility index (Phi) is 10.5. The van der Waals surface area contributed by atoms with Gasteiger partial charge in [0, 0.05) is 52.8 Å². The van der Waals surface area contributed by atoms with Crippen molar-refractivity contribution in [2.24, 2.45) is 28.5 Å². The molecular weight excluding hydrogens is 648 g/mol. The van der Waals surface area contributed by atoms with Crippen molar-refractivity contribution < 1.29 is 9.53 Å². The van der Waals surface area contributed by atoms with E-state index < -0.39 is 5.91 Å². The van der Waals surface area contributed by atoms with Gasteiger partial charge in [0.15, 0.2) is 0 Å². The zero-order valence-electron chi connectivity index (χ0n) is 29.2. The number of aliphatic imine (C=N–C) groups is 1. The molecule has 0 spiro atoms. The van der Waals surface area contributed by atoms with Gasteiger partial charge in [0.05, 0.1) is 6.04 Å². The summed E-state index contributed by atoms with van der Waals surface area (Å²) >= 11 is 7.84. The number of amides is 1. The van der Waals surface area contributed by atoms with E-state index in [9.17, 15) is 4.79 Å². The van der Waals surface area contributed by atoms with Gasteiger partial charge in [-0.15, -0.1) is 11.3 Å². The normalized spacial score (nSPS) is 29.5. The maximum atomic E-state index is 12.6. The Morgan fingerprint density at radius 1 is 1.14 bits per heavy atom. The van der Waals surface area contributed by atoms with Gasteiger partial charge >= 0.3 is 0 Å². The molecule has 3 N–H and O–H groups in total. The molecule has 2 fully saturated rings. The van der Waals surface area contributed by atoms with Crippen molar-refractivity contribution in [3.63, 3.8) is 0 Å². The van der Waals surface area contributed by atoms with Crippen LogP contribution in [0.15, 0.2) is 82.2 Å². The van der Waals surface area contributed by atoms with Crippen LogP contribution in [0.3, 0.4) is 0 Å². The first-order valence-corrected chi connectivity index (χ1v) is 19.7. The summed E-state index contributed by atoms with van der Waals surface area (Å²) in [6.07, 6.45) is 24.5. The number of nitrogens with two attached hydrogens (primary N) is 1. The zero-order valence-corrected chi connectivity index (χ0v) is 30.7. The molecule has 7 atom stereocenters. The Morgan fingerprint density at radius 3 is 2.73 bits per heavy atom. The Hall–Kier alpha value is -3.13. The molecule has 1 aromatic heterocycles. The molecule has 7 rings (SSSR count). The minimum atomic E-state index is -0.492. The van der Waals surface area contributed by atoms with Gasteiger partial charge in [-0.2, -0.15) is 0 Å². The summed E-state index contributed by atoms with van der Waals surface area (Å²) in [6.45, 7) is 6.69. The Morgan fingerprint density at radius 2 is 1.96 bits per heavy atom. The fourth-order valence-electron chi connectivity index (χ4n) is 8.60. The number of dihydropyridines is 1. The van der Waals surface area contributed by atoms with Crippen molar-refractivity contribution in [1.29, 1.82) is 0 Å². The molecule has 1 saturated heterocycles. The first kappa shape index (κ1) is 34.3. The lowest BCUT2D eigenvalue weighted by Gasteiger charge is -2.45. The van der Waals surface area contributed by atoms with Crippen LogP contribution in [-0.4, -0.2) is 30.2 Å². The third-order valence-electron chi connectivity index (χ3n) is 11.4. The molecule has 0 radical (unpaired) electrons. The summed E-state index contributed by atoms with van der Waals surface area (Å²) in [6, 6.07) is 11.1. The highest BCUT2D eigenvalue weighted by atomic mass is 35.5. The number of nitrogens with zero attached hydrogens (tertiary/aromatic N) is 2. The largest absolute Gasteiger partial charge is 0.484 e. The van der Waals surface area contributed by atoms with Crippen LogP contribution in [0.4, 0.5) is 5.00 Å². The number of anilines is 1. The number of allylic oxidation sites excluding steroid dienone is 6. The van der Waals surface area contributed by atoms with Crippen LogP contribution in [0, 0.1) is 17.8 Å². The molecular formula is C41H51ClN4O2S. The minimum Gasteiger partial charge on any atom is -0.484 e. The van der Waals surface area contributed by atoms with Crippen molar-refractivity contribution in [1.82, 2.24) is 5.32 Å². The third-order valence-corrected chi connectivity index (χ3v) is 12.9. The maximum Gasteiger partial charge on any atom is 0.262 e. The van der Waals surface area contributed by atoms with Crippen LogP contribution in [0.5, 0.6) is 5.75 Å². The molecule has 3 aliphatic heterocycles. The van der Waals surface area contributed by atoms with Gasteiger partial charge in [-0.25, -0.2) is 0 Å². The van der Waals surface area contributed by atoms with Crippen LogP contribution in [-0.2, 0) is 0 Å². The van der Waals surface area contributed by atoms with E-state index in [1.54, 1.807) is 0 Å². The van der Waals surface area contributed by atoms with Crippen molar-refractivity contribution in [3.8, 4) is 5.75 Å². The van der Waals surface area contributed by atoms with Crippen LogP contribution < -0.4 is 20.7 Å². The minimum absolute atomic E-state index is 0.288. The maximum absolute atomic E-state index is 12.6. The summed E-state index contributed by atoms with van der Waals surface area (Å²) in [5.41, 5.74) is 12.0. The number of hydrogen-bond acceptors (Lipinski definition) is 6. The monoisotopic (exact) mass is 698 g/mol. The number of rotatable bonds is 8. The first-order chi connectivity index (χ1) is 23.7. The predicted molar refractivity (Wildman–Crippen MR) is 204 cm³/mol. The lowest BCUT2D eigenvalue weighted by atomic mass is 9.75. The van der Waals surface area contributed by atoms with Gasteiger partial charge in [0.25, 0.3) is 5.91 Å². The molecule has 5 aliphatic rings. The molecule has 1 aromatic carbocycles. The number of ether oxygens (including phenoxy) is 1. The predicted octanol–water partition coefficient (Wildman–Crippen LogP) is 10.1. The molecule has 8 heteroatoms. The Balaban J connectivity index is 1.05. The number of nitrogens with one attached hydrogen (secondary N) is 1. The molecule has 1 amide bonds. The molecule has 1 saturated carbocycles. The van der Waals surface area contributed by atoms with E-state index in [0.29, 0.717) is 33.8 Å². The topological polar surface area (TPSA) is 80.0 Å². The van der Waals surface area contributed by atoms with Crippen LogP contribution in [0.25, 0.3) is 0 Å². The van der Waals surface area contributed by atoms with Gasteiger partial charge in [0.1, 0.15) is 21.7 Å². The van der Waals surface area contributed by atoms with Crippen LogP contribution in [0.1, 0.15) is 113 Å². The van der Waals surface area contributed by atoms with E-state index in [-0.39, 0.29) is 12.0 Å². The van der Waals surface area contributed by atoms with Gasteiger partial charge < -0.3 is 20.7 Å². The lowest BCUT2D eigenvalue weighted by Crippen LogP contribution is -2.60. The van der Waals surface area contributed by atoms with Gasteiger partial charge in [0.2, 0.25) is 0 Å². The quantitative estimate of drug-likeness (QED) is 0.288. The molecule has 6 nitrogen and oxygen atoms in total. The smallest absolute Gasteiger partial charge is 0.262 e. The summed E-state index contributed by atoms with van der Waals surface area (Å²) in [7, 11) is 0. The molecule has 4 heterocycles. The first-order valence-electron chi connectivity index (χ1n) is 18.5. The van der Waals surface area contributed by atoms with E-state index in [1.165, 1.54) is 78.7 Å². The highest BCUT2D eigenvalue weighted by molar-refractivity contribution is 7.18. The van der Waals surface area contributed by atoms with Crippen molar-refractivity contribution in [2.45, 2.75) is 116 Å². The second-order valence-electron chi connectivity index (χ2n) is 15.0. The lowest BCUT2D eigenvalue weighted by molar-refractivity contribution is 0.0998. The van der Waals surface area contributed by atoms with E-state index in [4.69, 9.17) is 27.1 Å². The number of carbonyl (C=O) groups is 1. The van der Waals surface area contributed by atoms with E-state index in [2.05, 4.69) is 54.7 Å². The zero-order chi connectivity index (χ0) is 34.1. The van der Waals surface area contributed by atoms with Gasteiger partial charge in [-0.1, -0.05) is 87.6 Å². The average molecular weight is 699 g/mol. The summed E-state index contributed by atoms with van der Waals surface area (Å²) in [4.78, 5) is 20.4. The molecule has 49 heavy (non-hydrogen) atoms. The number of carbonyl (C=O) groups excluding carboxylic acids is 1. The molecule has 6 unspecified atom stereocenters. The second kappa shape index (κ2) is 15.0. The van der Waals surface area contributed by atoms with Crippen LogP contribution in [0.2, 0.25) is 5.02 Å². The summed E-state index contributed by atoms with van der Waals surface area (Å²) in [5, 5.41) is 5.52. The number of benzene rings is 1. The highest BCUT2D eigenvalue weighted by Crippen LogP contribution is 2.45. The summed E-state index contributed by atoms with van der Waals surface area (Å²) < 4.78 is 6.34. The fourth-order valence-corrected chi connectivity index (χ4v) is 9.83. The highest BCUT2D eigenvalue weighted by Gasteiger charge is 2.39. The second-order valence-corrected chi connectivity index (χ2v) is 16.4. The summed E-state index contributed by atoms with van der Waals surface area (Å²) in [5.74, 6) is 2.02. The fraction of sp³-hybridized carbons (Fsp3) is 0.512. The standard InChI is InChI=1S/C41H51ClN4O2S/c1-25-10-4-5-11-28(16-15-25)35-22-36(45-35)34-18-17-30(24-44-34)31-20-26(2)39-29(21-31)12-8-9-19-46(39)38-23-37(40(49-38)41(43)47)48-27(3)32-13-6-7-14-33(32)42/h6-7,9,13-14,17,19,21,23-28,34-36,45H,4-5,8,10-12,15-16,18,20,22H2,1-3H3,(H2,43,47)/t25?,26?,27-,28?,34?,35?,36?/m1/s1. The van der Waals surface area contributed by atoms with Crippen molar-refractivity contribution in [2.75, 3.05) is 4.90 Å². The Labute approximate surface area is 301 Å². The third kappa shape index (κ3) is 7.50.